The summed E-state index contributed by atoms with van der Waals surface area (Å²) in [4.78, 5) is 16.9. The number of fused-ring (bicyclic) bond motifs is 1. The molecule has 0 amide bonds. The van der Waals surface area contributed by atoms with Gasteiger partial charge in [-0.3, -0.25) is 4.79 Å². The Kier molecular flexibility index (Phi) is 6.17. The Labute approximate surface area is 185 Å². The Morgan fingerprint density at radius 2 is 2.00 bits per heavy atom. The summed E-state index contributed by atoms with van der Waals surface area (Å²) in [7, 11) is -3.57. The normalized spacial score (nSPS) is 15.2. The Bertz CT molecular complexity index is 1250. The van der Waals surface area contributed by atoms with Gasteiger partial charge in [0.1, 0.15) is 12.2 Å². The predicted molar refractivity (Wildman–Crippen MR) is 122 cm³/mol. The quantitative estimate of drug-likeness (QED) is 0.544. The number of sulfonamides is 1. The molecule has 7 nitrogen and oxygen atoms in total. The standard InChI is InChI=1S/C22H23N3O4S2/c1-2-30-17-5-7-18(8-6-17)31(28,29)25-12-9-16(10-13-25)20-14-24(15-21(26)27)22-19(20)4-3-11-23-22/h3-9,11,14H,2,10,12-13,15H2,1H3,(H,26,27). The Morgan fingerprint density at radius 1 is 1.23 bits per heavy atom. The van der Waals surface area contributed by atoms with Crippen molar-refractivity contribution < 1.29 is 18.3 Å². The van der Waals surface area contributed by atoms with Crippen molar-refractivity contribution in [1.82, 2.24) is 13.9 Å². The molecule has 0 bridgehead atoms. The fourth-order valence-corrected chi connectivity index (χ4v) is 5.82. The number of aliphatic carboxylic acids is 1. The van der Waals surface area contributed by atoms with Gasteiger partial charge in [0.25, 0.3) is 0 Å². The van der Waals surface area contributed by atoms with Crippen LogP contribution in [-0.4, -0.2) is 52.2 Å². The highest BCUT2D eigenvalue weighted by molar-refractivity contribution is 7.99. The van der Waals surface area contributed by atoms with Crippen LogP contribution in [0.5, 0.6) is 0 Å². The van der Waals surface area contributed by atoms with Crippen molar-refractivity contribution in [1.29, 1.82) is 0 Å². The summed E-state index contributed by atoms with van der Waals surface area (Å²) in [6.07, 6.45) is 5.89. The van der Waals surface area contributed by atoms with E-state index in [0.717, 1.165) is 27.2 Å². The van der Waals surface area contributed by atoms with Crippen molar-refractivity contribution in [2.24, 2.45) is 0 Å². The summed E-state index contributed by atoms with van der Waals surface area (Å²) in [6, 6.07) is 10.7. The molecule has 1 aliphatic rings. The third-order valence-electron chi connectivity index (χ3n) is 5.23. The maximum Gasteiger partial charge on any atom is 0.323 e. The monoisotopic (exact) mass is 457 g/mol. The van der Waals surface area contributed by atoms with E-state index in [0.29, 0.717) is 23.5 Å². The number of carboxylic acids is 1. The number of hydrogen-bond donors (Lipinski definition) is 1. The van der Waals surface area contributed by atoms with Crippen LogP contribution in [0, 0.1) is 0 Å². The summed E-state index contributed by atoms with van der Waals surface area (Å²) in [6.45, 7) is 2.52. The molecule has 1 aromatic carbocycles. The van der Waals surface area contributed by atoms with Crippen LogP contribution in [0.4, 0.5) is 0 Å². The SMILES string of the molecule is CCSc1ccc(S(=O)(=O)N2CC=C(c3cn(CC(=O)O)c4ncccc34)CC2)cc1. The summed E-state index contributed by atoms with van der Waals surface area (Å²) < 4.78 is 29.2. The van der Waals surface area contributed by atoms with Crippen molar-refractivity contribution in [2.75, 3.05) is 18.8 Å². The van der Waals surface area contributed by atoms with Gasteiger partial charge in [0.05, 0.1) is 4.90 Å². The van der Waals surface area contributed by atoms with E-state index in [2.05, 4.69) is 11.9 Å². The molecular formula is C22H23N3O4S2. The van der Waals surface area contributed by atoms with Gasteiger partial charge in [0, 0.05) is 41.3 Å². The minimum atomic E-state index is -3.57. The molecule has 9 heteroatoms. The minimum Gasteiger partial charge on any atom is -0.480 e. The van der Waals surface area contributed by atoms with Crippen molar-refractivity contribution in [2.45, 2.75) is 29.7 Å². The molecule has 3 heterocycles. The van der Waals surface area contributed by atoms with Gasteiger partial charge in [-0.15, -0.1) is 11.8 Å². The van der Waals surface area contributed by atoms with Gasteiger partial charge in [-0.05, 0) is 54.1 Å². The maximum atomic E-state index is 13.0. The fraction of sp³-hybridized carbons (Fsp3) is 0.273. The van der Waals surface area contributed by atoms with Crippen LogP contribution in [0.1, 0.15) is 18.9 Å². The Hall–Kier alpha value is -2.62. The number of rotatable bonds is 7. The number of thioether (sulfide) groups is 1. The zero-order valence-corrected chi connectivity index (χ0v) is 18.7. The number of pyridine rings is 1. The van der Waals surface area contributed by atoms with Crippen LogP contribution < -0.4 is 0 Å². The van der Waals surface area contributed by atoms with Crippen LogP contribution in [0.2, 0.25) is 0 Å². The molecule has 0 saturated carbocycles. The molecule has 31 heavy (non-hydrogen) atoms. The molecular weight excluding hydrogens is 434 g/mol. The van der Waals surface area contributed by atoms with Gasteiger partial charge in [-0.25, -0.2) is 13.4 Å². The van der Waals surface area contributed by atoms with Crippen molar-refractivity contribution in [3.8, 4) is 0 Å². The fourth-order valence-electron chi connectivity index (χ4n) is 3.78. The van der Waals surface area contributed by atoms with Crippen LogP contribution in [0.3, 0.4) is 0 Å². The largest absolute Gasteiger partial charge is 0.480 e. The predicted octanol–water partition coefficient (Wildman–Crippen LogP) is 3.71. The van der Waals surface area contributed by atoms with Crippen LogP contribution in [0.15, 0.2) is 64.7 Å². The van der Waals surface area contributed by atoms with E-state index in [1.807, 2.05) is 30.3 Å². The first kappa shape index (κ1) is 21.6. The van der Waals surface area contributed by atoms with Gasteiger partial charge in [-0.2, -0.15) is 4.31 Å². The number of benzene rings is 1. The zero-order valence-electron chi connectivity index (χ0n) is 17.1. The minimum absolute atomic E-state index is 0.173. The van der Waals surface area contributed by atoms with Crippen LogP contribution >= 0.6 is 11.8 Å². The maximum absolute atomic E-state index is 13.0. The molecule has 3 aromatic rings. The highest BCUT2D eigenvalue weighted by Crippen LogP contribution is 2.32. The molecule has 4 rings (SSSR count). The number of nitrogens with zero attached hydrogens (tertiary/aromatic N) is 3. The summed E-state index contributed by atoms with van der Waals surface area (Å²) >= 11 is 1.67. The first-order valence-corrected chi connectivity index (χ1v) is 12.4. The number of carbonyl (C=O) groups is 1. The molecule has 1 aliphatic heterocycles. The highest BCUT2D eigenvalue weighted by Gasteiger charge is 2.27. The summed E-state index contributed by atoms with van der Waals surface area (Å²) in [5, 5.41) is 10.1. The third-order valence-corrected chi connectivity index (χ3v) is 8.00. The number of aromatic nitrogens is 2. The highest BCUT2D eigenvalue weighted by atomic mass is 32.2. The van der Waals surface area contributed by atoms with Gasteiger partial charge < -0.3 is 9.67 Å². The zero-order chi connectivity index (χ0) is 22.0. The lowest BCUT2D eigenvalue weighted by Crippen LogP contribution is -2.34. The molecule has 0 radical (unpaired) electrons. The Balaban J connectivity index is 1.59. The molecule has 0 unspecified atom stereocenters. The van der Waals surface area contributed by atoms with E-state index in [4.69, 9.17) is 0 Å². The van der Waals surface area contributed by atoms with Crippen LogP contribution in [0.25, 0.3) is 16.6 Å². The van der Waals surface area contributed by atoms with E-state index < -0.39 is 16.0 Å². The molecule has 162 valence electrons. The second-order valence-corrected chi connectivity index (χ2v) is 10.5. The van der Waals surface area contributed by atoms with E-state index >= 15 is 0 Å². The third kappa shape index (κ3) is 4.39. The topological polar surface area (TPSA) is 92.5 Å². The number of carboxylic acid groups (broad SMARTS) is 1. The average molecular weight is 458 g/mol. The van der Waals surface area contributed by atoms with Gasteiger partial charge in [0.15, 0.2) is 0 Å². The lowest BCUT2D eigenvalue weighted by molar-refractivity contribution is -0.137. The average Bonchev–Trinajstić information content (AvgIpc) is 3.12. The summed E-state index contributed by atoms with van der Waals surface area (Å²) in [5.41, 5.74) is 2.52. The molecule has 2 aromatic heterocycles. The lowest BCUT2D eigenvalue weighted by atomic mass is 10.0. The molecule has 0 spiro atoms. The van der Waals surface area contributed by atoms with Gasteiger partial charge in [0.2, 0.25) is 10.0 Å². The smallest absolute Gasteiger partial charge is 0.323 e. The summed E-state index contributed by atoms with van der Waals surface area (Å²) in [5.74, 6) is -0.00293. The van der Waals surface area contributed by atoms with Gasteiger partial charge in [-0.1, -0.05) is 13.0 Å². The van der Waals surface area contributed by atoms with E-state index in [1.54, 1.807) is 40.9 Å². The van der Waals surface area contributed by atoms with E-state index in [9.17, 15) is 18.3 Å². The number of hydrogen-bond acceptors (Lipinski definition) is 5. The van der Waals surface area contributed by atoms with Gasteiger partial charge >= 0.3 is 5.97 Å². The molecule has 1 N–H and O–H groups in total. The van der Waals surface area contributed by atoms with E-state index in [-0.39, 0.29) is 13.1 Å². The van der Waals surface area contributed by atoms with Crippen molar-refractivity contribution >= 4 is 44.4 Å². The van der Waals surface area contributed by atoms with Crippen molar-refractivity contribution in [3.05, 3.63) is 60.4 Å². The molecule has 0 fully saturated rings. The second kappa shape index (κ2) is 8.86. The van der Waals surface area contributed by atoms with E-state index in [1.165, 1.54) is 4.31 Å². The molecule has 0 aliphatic carbocycles. The Morgan fingerprint density at radius 3 is 2.65 bits per heavy atom. The first-order chi connectivity index (χ1) is 14.9. The molecule has 0 saturated heterocycles. The molecule has 0 atom stereocenters. The second-order valence-electron chi connectivity index (χ2n) is 7.19. The lowest BCUT2D eigenvalue weighted by Gasteiger charge is -2.26. The van der Waals surface area contributed by atoms with Crippen molar-refractivity contribution in [3.63, 3.8) is 0 Å². The first-order valence-electron chi connectivity index (χ1n) is 9.98. The van der Waals surface area contributed by atoms with Crippen LogP contribution in [-0.2, 0) is 21.4 Å².